The van der Waals surface area contributed by atoms with Gasteiger partial charge in [-0.05, 0) is 42.0 Å². The molecule has 1 aliphatic heterocycles. The monoisotopic (exact) mass is 421 g/mol. The lowest BCUT2D eigenvalue weighted by Crippen LogP contribution is -2.04. The molecule has 2 aromatic carbocycles. The lowest BCUT2D eigenvalue weighted by atomic mass is 10.2. The molecular weight excluding hydrogens is 410 g/mol. The topological polar surface area (TPSA) is 147 Å². The Bertz CT molecular complexity index is 1260. The highest BCUT2D eigenvalue weighted by molar-refractivity contribution is 6.11. The molecule has 154 valence electrons. The maximum Gasteiger partial charge on any atom is 0.363 e. The zero-order valence-corrected chi connectivity index (χ0v) is 15.5. The molecule has 1 aliphatic rings. The number of rotatable bonds is 6. The summed E-state index contributed by atoms with van der Waals surface area (Å²) in [6, 6.07) is 12.6. The second-order valence-electron chi connectivity index (χ2n) is 6.15. The average molecular weight is 421 g/mol. The predicted molar refractivity (Wildman–Crippen MR) is 106 cm³/mol. The molecule has 0 fully saturated rings. The number of hydrogen-bond donors (Lipinski definition) is 0. The summed E-state index contributed by atoms with van der Waals surface area (Å²) >= 11 is 0. The summed E-state index contributed by atoms with van der Waals surface area (Å²) < 4.78 is 15.8. The van der Waals surface area contributed by atoms with E-state index >= 15 is 0 Å². The maximum atomic E-state index is 12.1. The van der Waals surface area contributed by atoms with E-state index < -0.39 is 27.2 Å². The Hall–Kier alpha value is -4.80. The second-order valence-corrected chi connectivity index (χ2v) is 6.15. The fourth-order valence-corrected chi connectivity index (χ4v) is 2.72. The number of furan rings is 1. The first-order valence-electron chi connectivity index (χ1n) is 8.68. The van der Waals surface area contributed by atoms with Gasteiger partial charge < -0.3 is 13.9 Å². The Kier molecular flexibility index (Phi) is 4.98. The van der Waals surface area contributed by atoms with Crippen LogP contribution in [-0.4, -0.2) is 21.7 Å². The molecule has 11 nitrogen and oxygen atoms in total. The highest BCUT2D eigenvalue weighted by atomic mass is 16.6. The molecule has 0 N–H and O–H groups in total. The number of esters is 1. The van der Waals surface area contributed by atoms with E-state index in [4.69, 9.17) is 13.9 Å². The summed E-state index contributed by atoms with van der Waals surface area (Å²) in [5, 5.41) is 22.1. The van der Waals surface area contributed by atoms with Gasteiger partial charge >= 0.3 is 11.7 Å². The van der Waals surface area contributed by atoms with Crippen LogP contribution in [0, 0.1) is 20.2 Å². The second kappa shape index (κ2) is 7.91. The van der Waals surface area contributed by atoms with Crippen LogP contribution in [0.1, 0.15) is 11.3 Å². The average Bonchev–Trinajstić information content (AvgIpc) is 3.39. The molecule has 0 unspecified atom stereocenters. The van der Waals surface area contributed by atoms with Crippen molar-refractivity contribution in [2.45, 2.75) is 0 Å². The van der Waals surface area contributed by atoms with Crippen molar-refractivity contribution in [3.8, 4) is 11.5 Å². The molecule has 0 amide bonds. The first-order chi connectivity index (χ1) is 14.9. The largest absolute Gasteiger partial charge is 0.459 e. The SMILES string of the molecule is O=C1OC(c2ccco2)=NC1=Cc1cccc(Oc2ccc([N+](=O)[O-])cc2[N+](=O)[O-])c1. The molecular formula is C20H11N3O8. The van der Waals surface area contributed by atoms with E-state index in [1.807, 2.05) is 0 Å². The standard InChI is InChI=1S/C20H11N3O8/c24-20-15(21-19(31-20)18-5-2-8-29-18)10-12-3-1-4-14(9-12)30-17-7-6-13(22(25)26)11-16(17)23(27)28/h1-11H. The number of cyclic esters (lactones) is 1. The molecule has 0 saturated heterocycles. The Morgan fingerprint density at radius 3 is 2.55 bits per heavy atom. The number of ether oxygens (including phenoxy) is 2. The van der Waals surface area contributed by atoms with Gasteiger partial charge in [-0.3, -0.25) is 20.2 Å². The third-order valence-corrected chi connectivity index (χ3v) is 4.09. The fourth-order valence-electron chi connectivity index (χ4n) is 2.72. The Morgan fingerprint density at radius 2 is 1.84 bits per heavy atom. The Labute approximate surface area is 173 Å². The van der Waals surface area contributed by atoms with Gasteiger partial charge in [0, 0.05) is 6.07 Å². The van der Waals surface area contributed by atoms with Gasteiger partial charge in [0.2, 0.25) is 5.75 Å². The van der Waals surface area contributed by atoms with E-state index in [0.29, 0.717) is 11.3 Å². The van der Waals surface area contributed by atoms with Crippen molar-refractivity contribution in [2.24, 2.45) is 4.99 Å². The minimum Gasteiger partial charge on any atom is -0.459 e. The van der Waals surface area contributed by atoms with Gasteiger partial charge in [-0.2, -0.15) is 0 Å². The first-order valence-corrected chi connectivity index (χ1v) is 8.68. The van der Waals surface area contributed by atoms with Gasteiger partial charge in [0.05, 0.1) is 22.2 Å². The van der Waals surface area contributed by atoms with E-state index in [-0.39, 0.29) is 23.1 Å². The molecule has 1 aromatic heterocycles. The Morgan fingerprint density at radius 1 is 1.00 bits per heavy atom. The van der Waals surface area contributed by atoms with Crippen LogP contribution < -0.4 is 4.74 Å². The summed E-state index contributed by atoms with van der Waals surface area (Å²) in [6.07, 6.45) is 2.88. The molecule has 0 radical (unpaired) electrons. The summed E-state index contributed by atoms with van der Waals surface area (Å²) in [5.41, 5.74) is -0.434. The summed E-state index contributed by atoms with van der Waals surface area (Å²) in [5.74, 6) is -0.273. The minimum atomic E-state index is -0.770. The third kappa shape index (κ3) is 4.15. The predicted octanol–water partition coefficient (Wildman–Crippen LogP) is 4.23. The number of non-ortho nitro benzene ring substituents is 1. The minimum absolute atomic E-state index is 0.0323. The van der Waals surface area contributed by atoms with Crippen molar-refractivity contribution in [3.63, 3.8) is 0 Å². The number of carbonyl (C=O) groups is 1. The van der Waals surface area contributed by atoms with Crippen molar-refractivity contribution in [1.82, 2.24) is 0 Å². The van der Waals surface area contributed by atoms with Crippen molar-refractivity contribution in [3.05, 3.63) is 98.1 Å². The van der Waals surface area contributed by atoms with Crippen LogP contribution in [0.5, 0.6) is 11.5 Å². The lowest BCUT2D eigenvalue weighted by Gasteiger charge is -2.07. The normalized spacial score (nSPS) is 14.3. The smallest absolute Gasteiger partial charge is 0.363 e. The van der Waals surface area contributed by atoms with Crippen molar-refractivity contribution < 1.29 is 28.5 Å². The lowest BCUT2D eigenvalue weighted by molar-refractivity contribution is -0.394. The first kappa shape index (κ1) is 19.5. The molecule has 11 heteroatoms. The summed E-state index contributed by atoms with van der Waals surface area (Å²) in [7, 11) is 0. The summed E-state index contributed by atoms with van der Waals surface area (Å²) in [4.78, 5) is 36.8. The van der Waals surface area contributed by atoms with Crippen LogP contribution in [0.4, 0.5) is 11.4 Å². The van der Waals surface area contributed by atoms with Crippen LogP contribution in [0.15, 0.2) is 76.0 Å². The van der Waals surface area contributed by atoms with Crippen LogP contribution in [-0.2, 0) is 9.53 Å². The zero-order chi connectivity index (χ0) is 22.0. The van der Waals surface area contributed by atoms with E-state index in [0.717, 1.165) is 18.2 Å². The molecule has 31 heavy (non-hydrogen) atoms. The molecule has 0 spiro atoms. The zero-order valence-electron chi connectivity index (χ0n) is 15.5. The highest BCUT2D eigenvalue weighted by Crippen LogP contribution is 2.34. The van der Waals surface area contributed by atoms with Crippen LogP contribution in [0.2, 0.25) is 0 Å². The van der Waals surface area contributed by atoms with Crippen molar-refractivity contribution in [2.75, 3.05) is 0 Å². The number of hydrogen-bond acceptors (Lipinski definition) is 9. The van der Waals surface area contributed by atoms with Crippen LogP contribution in [0.25, 0.3) is 6.08 Å². The molecule has 0 bridgehead atoms. The van der Waals surface area contributed by atoms with Gasteiger partial charge in [0.25, 0.3) is 11.6 Å². The number of aliphatic imine (C=N–C) groups is 1. The van der Waals surface area contributed by atoms with Crippen LogP contribution >= 0.6 is 0 Å². The van der Waals surface area contributed by atoms with E-state index in [1.54, 1.807) is 24.3 Å². The molecule has 0 saturated carbocycles. The van der Waals surface area contributed by atoms with Gasteiger partial charge in [-0.25, -0.2) is 9.79 Å². The van der Waals surface area contributed by atoms with Crippen LogP contribution in [0.3, 0.4) is 0 Å². The van der Waals surface area contributed by atoms with E-state index in [9.17, 15) is 25.0 Å². The van der Waals surface area contributed by atoms with Gasteiger partial charge in [0.15, 0.2) is 11.5 Å². The number of carbonyl (C=O) groups excluding carboxylic acids is 1. The number of benzene rings is 2. The maximum absolute atomic E-state index is 12.1. The van der Waals surface area contributed by atoms with E-state index in [1.165, 1.54) is 24.5 Å². The number of nitrogens with zero attached hydrogens (tertiary/aromatic N) is 3. The summed E-state index contributed by atoms with van der Waals surface area (Å²) in [6.45, 7) is 0. The molecule has 2 heterocycles. The third-order valence-electron chi connectivity index (χ3n) is 4.09. The van der Waals surface area contributed by atoms with Crippen molar-refractivity contribution >= 4 is 29.3 Å². The Balaban J connectivity index is 1.61. The van der Waals surface area contributed by atoms with Gasteiger partial charge in [0.1, 0.15) is 5.75 Å². The van der Waals surface area contributed by atoms with Crippen molar-refractivity contribution in [1.29, 1.82) is 0 Å². The fraction of sp³-hybridized carbons (Fsp3) is 0. The molecule has 3 aromatic rings. The number of nitro benzene ring substituents is 2. The van der Waals surface area contributed by atoms with Gasteiger partial charge in [-0.15, -0.1) is 0 Å². The molecule has 0 atom stereocenters. The molecule has 4 rings (SSSR count). The van der Waals surface area contributed by atoms with Gasteiger partial charge in [-0.1, -0.05) is 12.1 Å². The number of nitro groups is 2. The highest BCUT2D eigenvalue weighted by Gasteiger charge is 2.26. The molecule has 0 aliphatic carbocycles. The quantitative estimate of drug-likeness (QED) is 0.248. The van der Waals surface area contributed by atoms with E-state index in [2.05, 4.69) is 4.99 Å².